The number of aromatic nitrogens is 3. The minimum atomic E-state index is -4.94. The van der Waals surface area contributed by atoms with Crippen LogP contribution >= 0.6 is 7.82 Å². The molecule has 5 N–H and O–H groups in total. The lowest BCUT2D eigenvalue weighted by Crippen LogP contribution is -2.50. The van der Waals surface area contributed by atoms with Crippen LogP contribution < -0.4 is 5.73 Å². The summed E-state index contributed by atoms with van der Waals surface area (Å²) in [5.74, 6) is -0.509. The minimum absolute atomic E-state index is 0.0379. The van der Waals surface area contributed by atoms with Crippen LogP contribution in [0.2, 0.25) is 0 Å². The Morgan fingerprint density at radius 2 is 1.59 bits per heavy atom. The zero-order valence-electron chi connectivity index (χ0n) is 32.6. The molecule has 0 spiro atoms. The van der Waals surface area contributed by atoms with Gasteiger partial charge in [-0.05, 0) is 42.3 Å². The lowest BCUT2D eigenvalue weighted by Gasteiger charge is -2.33. The fraction of sp³-hybridized carbons (Fsp3) is 0.641. The predicted octanol–water partition coefficient (Wildman–Crippen LogP) is 6.84. The van der Waals surface area contributed by atoms with Gasteiger partial charge in [0.25, 0.3) is 0 Å². The van der Waals surface area contributed by atoms with E-state index >= 15 is 0 Å². The van der Waals surface area contributed by atoms with Crippen LogP contribution in [-0.2, 0) is 34.4 Å². The van der Waals surface area contributed by atoms with Gasteiger partial charge in [-0.25, -0.2) is 18.5 Å². The largest absolute Gasteiger partial charge is 0.472 e. The number of phosphoric ester groups is 1. The Balaban J connectivity index is 1.50. The highest BCUT2D eigenvalue weighted by atomic mass is 31.2. The van der Waals surface area contributed by atoms with Crippen molar-refractivity contribution < 1.29 is 47.3 Å². The summed E-state index contributed by atoms with van der Waals surface area (Å²) in [4.78, 5) is 14.5. The molecule has 1 unspecified atom stereocenters. The van der Waals surface area contributed by atoms with E-state index in [0.717, 1.165) is 38.8 Å². The number of nitrogens with zero attached hydrogens (tertiary/aromatic N) is 5. The average molecular weight is 805 g/mol. The van der Waals surface area contributed by atoms with E-state index in [2.05, 4.69) is 17.0 Å². The van der Waals surface area contributed by atoms with Crippen LogP contribution in [0.25, 0.3) is 5.52 Å². The van der Waals surface area contributed by atoms with Gasteiger partial charge < -0.3 is 35.1 Å². The highest BCUT2D eigenvalue weighted by molar-refractivity contribution is 7.47. The van der Waals surface area contributed by atoms with Crippen molar-refractivity contribution in [2.45, 2.75) is 127 Å². The van der Waals surface area contributed by atoms with Crippen molar-refractivity contribution in [1.82, 2.24) is 14.6 Å². The summed E-state index contributed by atoms with van der Waals surface area (Å²) in [5.41, 5.74) is 4.35. The number of aliphatic hydroxyl groups excluding tert-OH is 2. The molecule has 0 fully saturated rings. The van der Waals surface area contributed by atoms with Crippen molar-refractivity contribution >= 4 is 19.2 Å². The quantitative estimate of drug-likeness (QED) is 0.0400. The summed E-state index contributed by atoms with van der Waals surface area (Å²) in [6, 6.07) is 10.3. The summed E-state index contributed by atoms with van der Waals surface area (Å²) < 4.78 is 55.5. The van der Waals surface area contributed by atoms with E-state index in [9.17, 15) is 34.6 Å². The predicted molar refractivity (Wildman–Crippen MR) is 206 cm³/mol. The highest BCUT2D eigenvalue weighted by Crippen LogP contribution is 2.45. The summed E-state index contributed by atoms with van der Waals surface area (Å²) in [6.45, 7) is 0.951. The van der Waals surface area contributed by atoms with E-state index in [1.165, 1.54) is 99.4 Å². The SMILES string of the molecule is CCCCCCCCCCCCCCCCOC[C@@H](COP(=O)(O)OC[C@@](C#N)(OC)[C@@H](O)[C@@H](O)c1ccc2c(N)ncnn12)OCc1cc(F)cc(C#N)c1. The molecule has 0 saturated carbocycles. The number of hydrogen-bond acceptors (Lipinski definition) is 13. The average Bonchev–Trinajstić information content (AvgIpc) is 3.64. The first kappa shape index (κ1) is 46.8. The maximum atomic E-state index is 14.0. The molecule has 0 aliphatic carbocycles. The summed E-state index contributed by atoms with van der Waals surface area (Å²) >= 11 is 0. The lowest BCUT2D eigenvalue weighted by atomic mass is 9.93. The number of phosphoric acid groups is 1. The fourth-order valence-electron chi connectivity index (χ4n) is 6.19. The van der Waals surface area contributed by atoms with Crippen LogP contribution in [0, 0.1) is 28.5 Å². The molecule has 0 bridgehead atoms. The van der Waals surface area contributed by atoms with Gasteiger partial charge in [-0.3, -0.25) is 9.05 Å². The van der Waals surface area contributed by atoms with Gasteiger partial charge in [0, 0.05) is 13.7 Å². The second kappa shape index (κ2) is 25.0. The number of anilines is 1. The lowest BCUT2D eigenvalue weighted by molar-refractivity contribution is -0.134. The maximum Gasteiger partial charge on any atom is 0.472 e. The molecule has 1 aromatic carbocycles. The van der Waals surface area contributed by atoms with Crippen molar-refractivity contribution in [3.05, 3.63) is 59.3 Å². The van der Waals surface area contributed by atoms with E-state index in [0.29, 0.717) is 17.7 Å². The molecule has 2 aromatic heterocycles. The van der Waals surface area contributed by atoms with Gasteiger partial charge in [-0.2, -0.15) is 15.6 Å². The zero-order valence-corrected chi connectivity index (χ0v) is 33.5. The van der Waals surface area contributed by atoms with E-state index in [1.807, 2.05) is 6.07 Å². The fourth-order valence-corrected chi connectivity index (χ4v) is 6.97. The molecule has 0 amide bonds. The number of aliphatic hydroxyl groups is 2. The van der Waals surface area contributed by atoms with Crippen LogP contribution in [0.4, 0.5) is 10.2 Å². The monoisotopic (exact) mass is 804 g/mol. The van der Waals surface area contributed by atoms with E-state index in [1.54, 1.807) is 6.07 Å². The number of fused-ring (bicyclic) bond motifs is 1. The Morgan fingerprint density at radius 1 is 0.946 bits per heavy atom. The second-order valence-corrected chi connectivity index (χ2v) is 15.4. The summed E-state index contributed by atoms with van der Waals surface area (Å²) in [5, 5.41) is 45.3. The molecule has 56 heavy (non-hydrogen) atoms. The number of ether oxygens (including phenoxy) is 3. The van der Waals surface area contributed by atoms with Crippen LogP contribution in [0.1, 0.15) is 120 Å². The molecule has 0 radical (unpaired) electrons. The third-order valence-electron chi connectivity index (χ3n) is 9.53. The number of nitrogen functional groups attached to an aromatic ring is 1. The third kappa shape index (κ3) is 15.4. The van der Waals surface area contributed by atoms with Gasteiger partial charge in [0.05, 0.1) is 37.1 Å². The van der Waals surface area contributed by atoms with Gasteiger partial charge in [0.15, 0.2) is 5.82 Å². The number of methoxy groups -OCH3 is 1. The van der Waals surface area contributed by atoms with Crippen molar-refractivity contribution in [2.75, 3.05) is 39.3 Å². The molecule has 15 nitrogen and oxygen atoms in total. The van der Waals surface area contributed by atoms with Crippen molar-refractivity contribution in [3.8, 4) is 12.1 Å². The van der Waals surface area contributed by atoms with Gasteiger partial charge in [0.1, 0.15) is 48.6 Å². The molecule has 2 heterocycles. The minimum Gasteiger partial charge on any atom is -0.386 e. The number of hydrogen-bond donors (Lipinski definition) is 4. The maximum absolute atomic E-state index is 14.0. The Kier molecular flexibility index (Phi) is 20.9. The molecular formula is C39H58FN6O9P. The second-order valence-electron chi connectivity index (χ2n) is 13.9. The number of halogens is 1. The van der Waals surface area contributed by atoms with Crippen LogP contribution in [-0.4, -0.2) is 81.1 Å². The summed E-state index contributed by atoms with van der Waals surface area (Å²) in [6.07, 6.45) is 13.5. The van der Waals surface area contributed by atoms with Crippen molar-refractivity contribution in [2.24, 2.45) is 0 Å². The van der Waals surface area contributed by atoms with E-state index in [-0.39, 0.29) is 30.3 Å². The number of benzene rings is 1. The zero-order chi connectivity index (χ0) is 40.8. The van der Waals surface area contributed by atoms with E-state index < -0.39 is 50.8 Å². The first-order chi connectivity index (χ1) is 27.0. The molecule has 0 aliphatic rings. The number of unbranched alkanes of at least 4 members (excludes halogenated alkanes) is 13. The van der Waals surface area contributed by atoms with Gasteiger partial charge in [-0.1, -0.05) is 90.4 Å². The van der Waals surface area contributed by atoms with Crippen LogP contribution in [0.15, 0.2) is 36.7 Å². The molecule has 3 aromatic rings. The molecule has 310 valence electrons. The molecule has 3 rings (SSSR count). The molecule has 5 atom stereocenters. The van der Waals surface area contributed by atoms with Gasteiger partial charge >= 0.3 is 7.82 Å². The normalized spacial score (nSPS) is 15.4. The van der Waals surface area contributed by atoms with Crippen LogP contribution in [0.5, 0.6) is 0 Å². The van der Waals surface area contributed by atoms with Crippen molar-refractivity contribution in [3.63, 3.8) is 0 Å². The molecule has 17 heteroatoms. The van der Waals surface area contributed by atoms with Gasteiger partial charge in [0.2, 0.25) is 5.60 Å². The number of nitrogens with two attached hydrogens (primary N) is 1. The van der Waals surface area contributed by atoms with Crippen LogP contribution in [0.3, 0.4) is 0 Å². The van der Waals surface area contributed by atoms with Crippen molar-refractivity contribution in [1.29, 1.82) is 10.5 Å². The Morgan fingerprint density at radius 3 is 2.20 bits per heavy atom. The molecule has 0 saturated heterocycles. The molecule has 0 aliphatic heterocycles. The third-order valence-corrected chi connectivity index (χ3v) is 10.5. The highest BCUT2D eigenvalue weighted by Gasteiger charge is 2.46. The topological polar surface area (TPSA) is 228 Å². The first-order valence-corrected chi connectivity index (χ1v) is 20.9. The van der Waals surface area contributed by atoms with Gasteiger partial charge in [-0.15, -0.1) is 0 Å². The Hall–Kier alpha value is -3.54. The van der Waals surface area contributed by atoms with E-state index in [4.69, 9.17) is 29.0 Å². The standard InChI is InChI=1S/C39H58FN6O9P/c1-3-4-5-6-7-8-9-10-11-12-13-14-15-16-19-52-25-33(53-24-31-20-30(23-41)21-32(40)22-31)26-54-56(49,50)55-28-39(27-42,51-2)37(48)36(47)34-17-18-35-38(43)44-29-45-46(34)35/h17-18,20-22,29,33,36-37,47-48H,3-16,19,24-26,28H2,1-2H3,(H,49,50)(H2,43,44,45)/t33-,36-,37-,39+/m0/s1. The Labute approximate surface area is 329 Å². The first-order valence-electron chi connectivity index (χ1n) is 19.4. The number of rotatable bonds is 30. The summed E-state index contributed by atoms with van der Waals surface area (Å²) in [7, 11) is -3.88. The smallest absolute Gasteiger partial charge is 0.386 e. The molecular weight excluding hydrogens is 746 g/mol. The Bertz CT molecular complexity index is 1740. The number of nitriles is 2.